The van der Waals surface area contributed by atoms with Gasteiger partial charge in [0.15, 0.2) is 0 Å². The molecule has 31 heavy (non-hydrogen) atoms. The molecule has 0 N–H and O–H groups in total. The van der Waals surface area contributed by atoms with E-state index in [9.17, 15) is 8.42 Å². The molecule has 0 aliphatic carbocycles. The molecule has 3 heterocycles. The summed E-state index contributed by atoms with van der Waals surface area (Å²) >= 11 is 0. The van der Waals surface area contributed by atoms with Crippen LogP contribution in [0.2, 0.25) is 0 Å². The molecule has 2 aromatic carbocycles. The molecule has 1 saturated heterocycles. The molecule has 0 atom stereocenters. The summed E-state index contributed by atoms with van der Waals surface area (Å²) in [6.07, 6.45) is 6.71. The molecule has 0 saturated carbocycles. The second kappa shape index (κ2) is 8.29. The summed E-state index contributed by atoms with van der Waals surface area (Å²) < 4.78 is 29.9. The molecule has 1 aliphatic rings. The molecule has 0 bridgehead atoms. The van der Waals surface area contributed by atoms with Gasteiger partial charge in [-0.05, 0) is 55.0 Å². The van der Waals surface area contributed by atoms with Crippen LogP contribution in [0.15, 0.2) is 90.1 Å². The van der Waals surface area contributed by atoms with E-state index in [1.807, 2.05) is 53.2 Å². The quantitative estimate of drug-likeness (QED) is 0.462. The number of benzene rings is 2. The molecule has 0 unspecified atom stereocenters. The first-order valence-corrected chi connectivity index (χ1v) is 12.1. The molecule has 1 aliphatic heterocycles. The molecular weight excluding hydrogens is 406 g/mol. The lowest BCUT2D eigenvalue weighted by Crippen LogP contribution is -2.38. The summed E-state index contributed by atoms with van der Waals surface area (Å²) in [5.74, 6) is 0.534. The Morgan fingerprint density at radius 3 is 2.29 bits per heavy atom. The molecule has 0 spiro atoms. The Labute approximate surface area is 183 Å². The number of fused-ring (bicyclic) bond motifs is 1. The smallest absolute Gasteiger partial charge is 0.243 e. The van der Waals surface area contributed by atoms with Gasteiger partial charge in [-0.2, -0.15) is 4.31 Å². The van der Waals surface area contributed by atoms with Crippen LogP contribution in [0.1, 0.15) is 18.4 Å². The second-order valence-corrected chi connectivity index (χ2v) is 10.1. The summed E-state index contributed by atoms with van der Waals surface area (Å²) in [5, 5.41) is 0. The van der Waals surface area contributed by atoms with Gasteiger partial charge in [0, 0.05) is 31.0 Å². The van der Waals surface area contributed by atoms with E-state index in [0.29, 0.717) is 23.9 Å². The predicted octanol–water partition coefficient (Wildman–Crippen LogP) is 4.64. The van der Waals surface area contributed by atoms with Crippen molar-refractivity contribution in [2.45, 2.75) is 24.2 Å². The molecule has 158 valence electrons. The fraction of sp³-hybridized carbons (Fsp3) is 0.240. The minimum absolute atomic E-state index is 0.349. The van der Waals surface area contributed by atoms with Gasteiger partial charge in [0.2, 0.25) is 10.0 Å². The standard InChI is InChI=1S/C25H25N3O2S/c29-31(30,28-16-13-21(14-17-28)18-20-6-2-1-3-7-20)23-11-9-22(10-12-23)24-19-27-15-5-4-8-25(27)26-24/h1-12,15,19,21H,13-14,16-18H2. The topological polar surface area (TPSA) is 54.7 Å². The first-order chi connectivity index (χ1) is 15.1. The van der Waals surface area contributed by atoms with Crippen molar-refractivity contribution in [3.05, 3.63) is 90.8 Å². The maximum Gasteiger partial charge on any atom is 0.243 e. The Bertz CT molecular complexity index is 1240. The number of nitrogens with zero attached hydrogens (tertiary/aromatic N) is 3. The fourth-order valence-electron chi connectivity index (χ4n) is 4.32. The van der Waals surface area contributed by atoms with Gasteiger partial charge in [0.1, 0.15) is 5.65 Å². The number of imidazole rings is 1. The van der Waals surface area contributed by atoms with E-state index in [0.717, 1.165) is 36.2 Å². The summed E-state index contributed by atoms with van der Waals surface area (Å²) in [5.41, 5.74) is 3.93. The van der Waals surface area contributed by atoms with Gasteiger partial charge in [-0.3, -0.25) is 0 Å². The van der Waals surface area contributed by atoms with Gasteiger partial charge >= 0.3 is 0 Å². The Balaban J connectivity index is 1.27. The summed E-state index contributed by atoms with van der Waals surface area (Å²) in [4.78, 5) is 4.96. The molecule has 0 amide bonds. The lowest BCUT2D eigenvalue weighted by molar-refractivity contribution is 0.273. The van der Waals surface area contributed by atoms with Crippen LogP contribution in [0.4, 0.5) is 0 Å². The van der Waals surface area contributed by atoms with Crippen LogP contribution in [0.3, 0.4) is 0 Å². The van der Waals surface area contributed by atoms with Crippen molar-refractivity contribution in [1.29, 1.82) is 0 Å². The van der Waals surface area contributed by atoms with Crippen LogP contribution in [0, 0.1) is 5.92 Å². The highest BCUT2D eigenvalue weighted by atomic mass is 32.2. The average molecular weight is 432 g/mol. The summed E-state index contributed by atoms with van der Waals surface area (Å²) in [6.45, 7) is 1.15. The molecule has 5 nitrogen and oxygen atoms in total. The van der Waals surface area contributed by atoms with Crippen molar-refractivity contribution in [3.63, 3.8) is 0 Å². The number of pyridine rings is 1. The highest BCUT2D eigenvalue weighted by Gasteiger charge is 2.29. The lowest BCUT2D eigenvalue weighted by atomic mass is 9.91. The van der Waals surface area contributed by atoms with E-state index in [1.54, 1.807) is 16.4 Å². The number of sulfonamides is 1. The van der Waals surface area contributed by atoms with E-state index in [2.05, 4.69) is 29.2 Å². The zero-order chi connectivity index (χ0) is 21.3. The normalized spacial score (nSPS) is 16.0. The summed E-state index contributed by atoms with van der Waals surface area (Å²) in [6, 6.07) is 23.4. The van der Waals surface area contributed by atoms with Crippen LogP contribution in [0.25, 0.3) is 16.9 Å². The molecular formula is C25H25N3O2S. The SMILES string of the molecule is O=S(=O)(c1ccc(-c2cn3ccccc3n2)cc1)N1CCC(Cc2ccccc2)CC1. The third kappa shape index (κ3) is 4.13. The molecule has 0 radical (unpaired) electrons. The van der Waals surface area contributed by atoms with Crippen LogP contribution in [-0.4, -0.2) is 35.2 Å². The number of piperidine rings is 1. The van der Waals surface area contributed by atoms with Crippen LogP contribution < -0.4 is 0 Å². The van der Waals surface area contributed by atoms with E-state index in [-0.39, 0.29) is 0 Å². The van der Waals surface area contributed by atoms with Gasteiger partial charge in [-0.15, -0.1) is 0 Å². The third-order valence-corrected chi connectivity index (χ3v) is 8.01. The first kappa shape index (κ1) is 20.0. The van der Waals surface area contributed by atoms with Crippen molar-refractivity contribution in [3.8, 4) is 11.3 Å². The minimum atomic E-state index is -3.47. The van der Waals surface area contributed by atoms with Crippen molar-refractivity contribution in [1.82, 2.24) is 13.7 Å². The maximum atomic E-state index is 13.1. The third-order valence-electron chi connectivity index (χ3n) is 6.09. The Kier molecular flexibility index (Phi) is 5.34. The van der Waals surface area contributed by atoms with Crippen molar-refractivity contribution in [2.24, 2.45) is 5.92 Å². The van der Waals surface area contributed by atoms with Crippen molar-refractivity contribution in [2.75, 3.05) is 13.1 Å². The van der Waals surface area contributed by atoms with Crippen molar-refractivity contribution < 1.29 is 8.42 Å². The monoisotopic (exact) mass is 431 g/mol. The highest BCUT2D eigenvalue weighted by Crippen LogP contribution is 2.27. The second-order valence-electron chi connectivity index (χ2n) is 8.15. The molecule has 1 fully saturated rings. The number of aromatic nitrogens is 2. The van der Waals surface area contributed by atoms with Crippen LogP contribution >= 0.6 is 0 Å². The van der Waals surface area contributed by atoms with Crippen LogP contribution in [0.5, 0.6) is 0 Å². The summed E-state index contributed by atoms with van der Waals surface area (Å²) in [7, 11) is -3.47. The first-order valence-electron chi connectivity index (χ1n) is 10.7. The predicted molar refractivity (Wildman–Crippen MR) is 122 cm³/mol. The lowest BCUT2D eigenvalue weighted by Gasteiger charge is -2.31. The van der Waals surface area contributed by atoms with Crippen molar-refractivity contribution >= 4 is 15.7 Å². The largest absolute Gasteiger partial charge is 0.306 e. The van der Waals surface area contributed by atoms with Gasteiger partial charge in [-0.25, -0.2) is 13.4 Å². The number of hydrogen-bond donors (Lipinski definition) is 0. The maximum absolute atomic E-state index is 13.1. The van der Waals surface area contributed by atoms with E-state index in [1.165, 1.54) is 5.56 Å². The van der Waals surface area contributed by atoms with Gasteiger partial charge in [0.25, 0.3) is 0 Å². The Morgan fingerprint density at radius 2 is 1.58 bits per heavy atom. The molecule has 6 heteroatoms. The van der Waals surface area contributed by atoms with Gasteiger partial charge in [0.05, 0.1) is 10.6 Å². The fourth-order valence-corrected chi connectivity index (χ4v) is 5.79. The molecule has 2 aromatic heterocycles. The number of rotatable bonds is 5. The van der Waals surface area contributed by atoms with Gasteiger partial charge < -0.3 is 4.40 Å². The average Bonchev–Trinajstić information content (AvgIpc) is 3.25. The Hall–Kier alpha value is -2.96. The zero-order valence-corrected chi connectivity index (χ0v) is 18.1. The molecule has 5 rings (SSSR count). The van der Waals surface area contributed by atoms with E-state index >= 15 is 0 Å². The number of hydrogen-bond acceptors (Lipinski definition) is 3. The van der Waals surface area contributed by atoms with E-state index in [4.69, 9.17) is 0 Å². The van der Waals surface area contributed by atoms with E-state index < -0.39 is 10.0 Å². The molecule has 4 aromatic rings. The van der Waals surface area contributed by atoms with Crippen LogP contribution in [-0.2, 0) is 16.4 Å². The zero-order valence-electron chi connectivity index (χ0n) is 17.3. The minimum Gasteiger partial charge on any atom is -0.306 e. The highest BCUT2D eigenvalue weighted by molar-refractivity contribution is 7.89. The van der Waals surface area contributed by atoms with Gasteiger partial charge in [-0.1, -0.05) is 48.5 Å². The Morgan fingerprint density at radius 1 is 0.871 bits per heavy atom.